The van der Waals surface area contributed by atoms with Crippen molar-refractivity contribution >= 4 is 11.4 Å². The molecule has 1 heterocycles. The molecule has 1 atom stereocenters. The molecular weight excluding hydrogens is 254 g/mol. The molecular formula is C15H25N3O2. The maximum Gasteiger partial charge on any atom is 0.162 e. The minimum atomic E-state index is 0.660. The summed E-state index contributed by atoms with van der Waals surface area (Å²) in [5.74, 6) is 2.03. The van der Waals surface area contributed by atoms with Gasteiger partial charge in [-0.2, -0.15) is 0 Å². The van der Waals surface area contributed by atoms with Gasteiger partial charge < -0.3 is 25.4 Å². The topological polar surface area (TPSA) is 59.8 Å². The number of ether oxygens (including phenoxy) is 2. The molecule has 0 amide bonds. The molecule has 1 aliphatic heterocycles. The first-order valence-corrected chi connectivity index (χ1v) is 7.08. The molecule has 0 aliphatic carbocycles. The average Bonchev–Trinajstić information content (AvgIpc) is 2.45. The van der Waals surface area contributed by atoms with E-state index in [1.165, 1.54) is 19.4 Å². The lowest BCUT2D eigenvalue weighted by Gasteiger charge is -2.30. The number of piperidine rings is 1. The summed E-state index contributed by atoms with van der Waals surface area (Å²) in [6.07, 6.45) is 2.54. The van der Waals surface area contributed by atoms with Gasteiger partial charge in [0.05, 0.1) is 25.6 Å². The van der Waals surface area contributed by atoms with Crippen molar-refractivity contribution in [3.8, 4) is 11.5 Å². The molecule has 0 radical (unpaired) electrons. The Hall–Kier alpha value is -1.62. The predicted molar refractivity (Wildman–Crippen MR) is 82.7 cm³/mol. The number of anilines is 2. The summed E-state index contributed by atoms with van der Waals surface area (Å²) in [6, 6.07) is 3.70. The highest BCUT2D eigenvalue weighted by molar-refractivity contribution is 5.72. The number of benzene rings is 1. The third-order valence-corrected chi connectivity index (χ3v) is 3.86. The van der Waals surface area contributed by atoms with Crippen molar-refractivity contribution < 1.29 is 9.47 Å². The molecule has 5 nitrogen and oxygen atoms in total. The fraction of sp³-hybridized carbons (Fsp3) is 0.600. The average molecular weight is 279 g/mol. The highest BCUT2D eigenvalue weighted by Gasteiger charge is 2.17. The zero-order chi connectivity index (χ0) is 14.5. The normalized spacial score (nSPS) is 19.6. The van der Waals surface area contributed by atoms with E-state index in [0.29, 0.717) is 23.1 Å². The van der Waals surface area contributed by atoms with Crippen LogP contribution in [0.15, 0.2) is 12.1 Å². The predicted octanol–water partition coefficient (Wildman–Crippen LogP) is 2.04. The van der Waals surface area contributed by atoms with E-state index in [9.17, 15) is 0 Å². The standard InChI is InChI=1S/C15H25N3O2/c1-18-6-4-5-11(10-18)9-17-13-8-15(20-3)14(19-2)7-12(13)16/h7-8,11,17H,4-6,9-10,16H2,1-3H3. The van der Waals surface area contributed by atoms with Crippen molar-refractivity contribution in [2.45, 2.75) is 12.8 Å². The monoisotopic (exact) mass is 279 g/mol. The second kappa shape index (κ2) is 6.70. The van der Waals surface area contributed by atoms with Crippen molar-refractivity contribution in [2.75, 3.05) is 52.0 Å². The molecule has 0 bridgehead atoms. The maximum atomic E-state index is 6.05. The number of nitrogens with one attached hydrogen (secondary N) is 1. The Morgan fingerprint density at radius 1 is 1.30 bits per heavy atom. The van der Waals surface area contributed by atoms with Gasteiger partial charge in [-0.1, -0.05) is 0 Å². The van der Waals surface area contributed by atoms with Gasteiger partial charge >= 0.3 is 0 Å². The van der Waals surface area contributed by atoms with Gasteiger partial charge in [0.25, 0.3) is 0 Å². The van der Waals surface area contributed by atoms with Crippen LogP contribution >= 0.6 is 0 Å². The lowest BCUT2D eigenvalue weighted by molar-refractivity contribution is 0.217. The van der Waals surface area contributed by atoms with E-state index < -0.39 is 0 Å². The summed E-state index contributed by atoms with van der Waals surface area (Å²) in [7, 11) is 5.42. The first-order chi connectivity index (χ1) is 9.63. The highest BCUT2D eigenvalue weighted by Crippen LogP contribution is 2.35. The van der Waals surface area contributed by atoms with E-state index >= 15 is 0 Å². The zero-order valence-corrected chi connectivity index (χ0v) is 12.6. The summed E-state index contributed by atoms with van der Waals surface area (Å²) >= 11 is 0. The smallest absolute Gasteiger partial charge is 0.162 e. The summed E-state index contributed by atoms with van der Waals surface area (Å²) in [5.41, 5.74) is 7.65. The summed E-state index contributed by atoms with van der Waals surface area (Å²) < 4.78 is 10.6. The number of rotatable bonds is 5. The quantitative estimate of drug-likeness (QED) is 0.808. The van der Waals surface area contributed by atoms with Crippen molar-refractivity contribution in [3.05, 3.63) is 12.1 Å². The Morgan fingerprint density at radius 2 is 2.00 bits per heavy atom. The molecule has 0 saturated carbocycles. The van der Waals surface area contributed by atoms with E-state index in [-0.39, 0.29) is 0 Å². The minimum Gasteiger partial charge on any atom is -0.493 e. The van der Waals surface area contributed by atoms with Crippen LogP contribution in [0.3, 0.4) is 0 Å². The van der Waals surface area contributed by atoms with E-state index in [1.807, 2.05) is 6.07 Å². The highest BCUT2D eigenvalue weighted by atomic mass is 16.5. The second-order valence-electron chi connectivity index (χ2n) is 5.45. The van der Waals surface area contributed by atoms with Gasteiger partial charge in [-0.3, -0.25) is 0 Å². The van der Waals surface area contributed by atoms with Crippen molar-refractivity contribution in [1.29, 1.82) is 0 Å². The van der Waals surface area contributed by atoms with Crippen molar-refractivity contribution in [2.24, 2.45) is 5.92 Å². The molecule has 5 heteroatoms. The molecule has 3 N–H and O–H groups in total. The Morgan fingerprint density at radius 3 is 2.65 bits per heavy atom. The third kappa shape index (κ3) is 3.48. The van der Waals surface area contributed by atoms with Gasteiger partial charge in [-0.15, -0.1) is 0 Å². The SMILES string of the molecule is COc1cc(N)c(NCC2CCCN(C)C2)cc1OC. The number of hydrogen-bond acceptors (Lipinski definition) is 5. The molecule has 1 saturated heterocycles. The van der Waals surface area contributed by atoms with E-state index in [0.717, 1.165) is 18.8 Å². The molecule has 1 aliphatic rings. The van der Waals surface area contributed by atoms with Crippen LogP contribution in [0, 0.1) is 5.92 Å². The number of methoxy groups -OCH3 is 2. The van der Waals surface area contributed by atoms with E-state index in [1.54, 1.807) is 20.3 Å². The number of nitrogen functional groups attached to an aromatic ring is 1. The van der Waals surface area contributed by atoms with Crippen LogP contribution in [0.25, 0.3) is 0 Å². The van der Waals surface area contributed by atoms with Gasteiger partial charge in [0.2, 0.25) is 0 Å². The summed E-state index contributed by atoms with van der Waals surface area (Å²) in [6.45, 7) is 3.28. The van der Waals surface area contributed by atoms with Gasteiger partial charge in [0.1, 0.15) is 0 Å². The zero-order valence-electron chi connectivity index (χ0n) is 12.6. The maximum absolute atomic E-state index is 6.05. The molecule has 1 fully saturated rings. The molecule has 2 rings (SSSR count). The van der Waals surface area contributed by atoms with Crippen LogP contribution in [-0.4, -0.2) is 45.8 Å². The Kier molecular flexibility index (Phi) is 4.95. The van der Waals surface area contributed by atoms with E-state index in [4.69, 9.17) is 15.2 Å². The van der Waals surface area contributed by atoms with Crippen molar-refractivity contribution in [1.82, 2.24) is 4.90 Å². The molecule has 1 unspecified atom stereocenters. The second-order valence-corrected chi connectivity index (χ2v) is 5.45. The molecule has 0 aromatic heterocycles. The van der Waals surface area contributed by atoms with Crippen LogP contribution in [-0.2, 0) is 0 Å². The van der Waals surface area contributed by atoms with Crippen molar-refractivity contribution in [3.63, 3.8) is 0 Å². The molecule has 1 aromatic carbocycles. The fourth-order valence-corrected chi connectivity index (χ4v) is 2.74. The van der Waals surface area contributed by atoms with Gasteiger partial charge in [-0.25, -0.2) is 0 Å². The summed E-state index contributed by atoms with van der Waals surface area (Å²) in [5, 5.41) is 3.44. The Bertz CT molecular complexity index is 451. The van der Waals surface area contributed by atoms with Crippen LogP contribution in [0.4, 0.5) is 11.4 Å². The van der Waals surface area contributed by atoms with Gasteiger partial charge in [0.15, 0.2) is 11.5 Å². The van der Waals surface area contributed by atoms with Crippen LogP contribution < -0.4 is 20.5 Å². The molecule has 20 heavy (non-hydrogen) atoms. The molecule has 0 spiro atoms. The lowest BCUT2D eigenvalue weighted by Crippen LogP contribution is -2.35. The first-order valence-electron chi connectivity index (χ1n) is 7.08. The molecule has 112 valence electrons. The van der Waals surface area contributed by atoms with Crippen LogP contribution in [0.5, 0.6) is 11.5 Å². The number of likely N-dealkylation sites (tertiary alicyclic amines) is 1. The van der Waals surface area contributed by atoms with Crippen LogP contribution in [0.1, 0.15) is 12.8 Å². The van der Waals surface area contributed by atoms with Crippen LogP contribution in [0.2, 0.25) is 0 Å². The van der Waals surface area contributed by atoms with Gasteiger partial charge in [0, 0.05) is 25.2 Å². The number of nitrogens with zero attached hydrogens (tertiary/aromatic N) is 1. The molecule has 1 aromatic rings. The van der Waals surface area contributed by atoms with Gasteiger partial charge in [-0.05, 0) is 32.4 Å². The third-order valence-electron chi connectivity index (χ3n) is 3.86. The Balaban J connectivity index is 2.01. The number of hydrogen-bond donors (Lipinski definition) is 2. The van der Waals surface area contributed by atoms with E-state index in [2.05, 4.69) is 17.3 Å². The summed E-state index contributed by atoms with van der Waals surface area (Å²) in [4.78, 5) is 2.38. The largest absolute Gasteiger partial charge is 0.493 e. The first kappa shape index (κ1) is 14.8. The minimum absolute atomic E-state index is 0.660. The Labute approximate surface area is 121 Å². The fourth-order valence-electron chi connectivity index (χ4n) is 2.74. The lowest BCUT2D eigenvalue weighted by atomic mass is 9.98. The number of nitrogens with two attached hydrogens (primary N) is 1.